The van der Waals surface area contributed by atoms with Gasteiger partial charge in [0.05, 0.1) is 5.69 Å². The monoisotopic (exact) mass is 428 g/mol. The number of aromatic nitrogens is 4. The van der Waals surface area contributed by atoms with Crippen LogP contribution in [0.3, 0.4) is 0 Å². The summed E-state index contributed by atoms with van der Waals surface area (Å²) >= 11 is 0. The van der Waals surface area contributed by atoms with Gasteiger partial charge >= 0.3 is 0 Å². The van der Waals surface area contributed by atoms with Gasteiger partial charge in [-0.3, -0.25) is 9.59 Å². The van der Waals surface area contributed by atoms with Crippen molar-refractivity contribution < 1.29 is 19.1 Å². The van der Waals surface area contributed by atoms with Crippen molar-refractivity contribution in [3.63, 3.8) is 0 Å². The maximum atomic E-state index is 12.6. The fraction of sp³-hybridized carbons (Fsp3) is 0.0455. The van der Waals surface area contributed by atoms with Crippen molar-refractivity contribution in [3.05, 3.63) is 84.2 Å². The van der Waals surface area contributed by atoms with Crippen molar-refractivity contribution in [3.8, 4) is 17.2 Å². The maximum Gasteiger partial charge on any atom is 0.255 e. The van der Waals surface area contributed by atoms with Crippen LogP contribution in [-0.4, -0.2) is 38.8 Å². The van der Waals surface area contributed by atoms with Crippen LogP contribution in [0, 0.1) is 0 Å². The molecule has 0 unspecified atom stereocenters. The molecule has 2 heterocycles. The highest BCUT2D eigenvalue weighted by molar-refractivity contribution is 6.06. The molecule has 4 aromatic rings. The highest BCUT2D eigenvalue weighted by Gasteiger charge is 2.16. The van der Waals surface area contributed by atoms with Gasteiger partial charge in [0.1, 0.15) is 6.33 Å². The molecule has 2 N–H and O–H groups in total. The Kier molecular flexibility index (Phi) is 4.92. The smallest absolute Gasteiger partial charge is 0.255 e. The number of anilines is 2. The summed E-state index contributed by atoms with van der Waals surface area (Å²) < 4.78 is 12.1. The Labute approximate surface area is 181 Å². The topological polar surface area (TPSA) is 120 Å². The average Bonchev–Trinajstić information content (AvgIpc) is 3.51. The first-order valence-electron chi connectivity index (χ1n) is 9.61. The van der Waals surface area contributed by atoms with E-state index in [-0.39, 0.29) is 18.6 Å². The van der Waals surface area contributed by atoms with Crippen molar-refractivity contribution in [2.24, 2.45) is 0 Å². The van der Waals surface area contributed by atoms with Crippen LogP contribution in [0.5, 0.6) is 11.5 Å². The van der Waals surface area contributed by atoms with E-state index in [1.165, 1.54) is 11.0 Å². The molecule has 1 aromatic heterocycles. The Balaban J connectivity index is 1.25. The first kappa shape index (κ1) is 19.2. The molecule has 0 bridgehead atoms. The number of hydrogen-bond donors (Lipinski definition) is 2. The van der Waals surface area contributed by atoms with Crippen molar-refractivity contribution in [1.82, 2.24) is 20.2 Å². The van der Waals surface area contributed by atoms with Crippen LogP contribution in [-0.2, 0) is 0 Å². The highest BCUT2D eigenvalue weighted by atomic mass is 16.7. The third-order valence-corrected chi connectivity index (χ3v) is 4.76. The Bertz CT molecular complexity index is 1290. The van der Waals surface area contributed by atoms with E-state index in [0.717, 1.165) is 5.69 Å². The van der Waals surface area contributed by atoms with Gasteiger partial charge in [-0.2, -0.15) is 0 Å². The predicted molar refractivity (Wildman–Crippen MR) is 114 cm³/mol. The Morgan fingerprint density at radius 1 is 0.812 bits per heavy atom. The minimum Gasteiger partial charge on any atom is -0.454 e. The van der Waals surface area contributed by atoms with Gasteiger partial charge in [0, 0.05) is 22.5 Å². The van der Waals surface area contributed by atoms with Crippen LogP contribution < -0.4 is 20.1 Å². The Morgan fingerprint density at radius 2 is 1.50 bits per heavy atom. The van der Waals surface area contributed by atoms with Crippen LogP contribution in [0.1, 0.15) is 20.7 Å². The van der Waals surface area contributed by atoms with Gasteiger partial charge in [-0.15, -0.1) is 5.10 Å². The van der Waals surface area contributed by atoms with Gasteiger partial charge in [-0.25, -0.2) is 4.68 Å². The molecule has 0 spiro atoms. The molecular weight excluding hydrogens is 412 g/mol. The summed E-state index contributed by atoms with van der Waals surface area (Å²) in [5, 5.41) is 16.6. The quantitative estimate of drug-likeness (QED) is 0.501. The molecule has 2 amide bonds. The van der Waals surface area contributed by atoms with Gasteiger partial charge in [-0.05, 0) is 71.1 Å². The van der Waals surface area contributed by atoms with Crippen LogP contribution in [0.4, 0.5) is 11.4 Å². The second kappa shape index (κ2) is 8.19. The molecule has 1 aliphatic rings. The number of ether oxygens (including phenoxy) is 2. The summed E-state index contributed by atoms with van der Waals surface area (Å²) in [6.45, 7) is 0.141. The van der Waals surface area contributed by atoms with Crippen molar-refractivity contribution >= 4 is 23.2 Å². The molecule has 158 valence electrons. The van der Waals surface area contributed by atoms with E-state index >= 15 is 0 Å². The van der Waals surface area contributed by atoms with Gasteiger partial charge in [0.15, 0.2) is 11.5 Å². The maximum absolute atomic E-state index is 12.6. The summed E-state index contributed by atoms with van der Waals surface area (Å²) in [6, 6.07) is 18.7. The number of carbonyl (C=O) groups is 2. The highest BCUT2D eigenvalue weighted by Crippen LogP contribution is 2.32. The molecule has 1 aliphatic heterocycles. The summed E-state index contributed by atoms with van der Waals surface area (Å²) in [5.74, 6) is 0.555. The summed E-state index contributed by atoms with van der Waals surface area (Å²) in [7, 11) is 0. The van der Waals surface area contributed by atoms with E-state index < -0.39 is 0 Å². The zero-order chi connectivity index (χ0) is 21.9. The molecule has 0 saturated carbocycles. The lowest BCUT2D eigenvalue weighted by molar-refractivity contribution is 0.101. The van der Waals surface area contributed by atoms with Gasteiger partial charge in [0.25, 0.3) is 11.8 Å². The zero-order valence-corrected chi connectivity index (χ0v) is 16.6. The van der Waals surface area contributed by atoms with E-state index in [0.29, 0.717) is 34.0 Å². The zero-order valence-electron chi connectivity index (χ0n) is 16.6. The number of tetrazole rings is 1. The molecule has 0 fully saturated rings. The van der Waals surface area contributed by atoms with Crippen molar-refractivity contribution in [2.45, 2.75) is 0 Å². The summed E-state index contributed by atoms with van der Waals surface area (Å²) in [5.41, 5.74) is 2.73. The summed E-state index contributed by atoms with van der Waals surface area (Å²) in [4.78, 5) is 25.2. The molecule has 0 aliphatic carbocycles. The van der Waals surface area contributed by atoms with Crippen LogP contribution in [0.2, 0.25) is 0 Å². The molecule has 3 aromatic carbocycles. The number of fused-ring (bicyclic) bond motifs is 1. The second-order valence-electron chi connectivity index (χ2n) is 6.86. The SMILES string of the molecule is O=C(Nc1cccc(NC(=O)c2ccc3c(c2)OCO3)c1)c1ccc(-n2cnnn2)cc1. The lowest BCUT2D eigenvalue weighted by atomic mass is 10.1. The first-order chi connectivity index (χ1) is 15.7. The van der Waals surface area contributed by atoms with Crippen molar-refractivity contribution in [1.29, 1.82) is 0 Å². The molecule has 0 saturated heterocycles. The Morgan fingerprint density at radius 3 is 2.22 bits per heavy atom. The normalized spacial score (nSPS) is 11.8. The van der Waals surface area contributed by atoms with Crippen LogP contribution >= 0.6 is 0 Å². The minimum absolute atomic E-state index is 0.141. The van der Waals surface area contributed by atoms with E-state index in [1.807, 2.05) is 0 Å². The molecule has 10 nitrogen and oxygen atoms in total. The minimum atomic E-state index is -0.301. The van der Waals surface area contributed by atoms with Crippen molar-refractivity contribution in [2.75, 3.05) is 17.4 Å². The van der Waals surface area contributed by atoms with Gasteiger partial charge in [-0.1, -0.05) is 6.07 Å². The lowest BCUT2D eigenvalue weighted by Crippen LogP contribution is -2.14. The second-order valence-corrected chi connectivity index (χ2v) is 6.86. The Hall–Kier alpha value is -4.73. The molecule has 10 heteroatoms. The van der Waals surface area contributed by atoms with Gasteiger partial charge < -0.3 is 20.1 Å². The number of rotatable bonds is 5. The van der Waals surface area contributed by atoms with E-state index in [1.54, 1.807) is 66.7 Å². The standard InChI is InChI=1S/C22H16N6O4/c29-21(14-4-7-18(8-5-14)28-12-23-26-27-28)24-16-2-1-3-17(11-16)25-22(30)15-6-9-19-20(10-15)32-13-31-19/h1-12H,13H2,(H,24,29)(H,25,30). The third-order valence-electron chi connectivity index (χ3n) is 4.76. The number of carbonyl (C=O) groups excluding carboxylic acids is 2. The fourth-order valence-corrected chi connectivity index (χ4v) is 3.16. The van der Waals surface area contributed by atoms with Crippen LogP contribution in [0.25, 0.3) is 5.69 Å². The molecule has 0 radical (unpaired) electrons. The molecule has 0 atom stereocenters. The summed E-state index contributed by atoms with van der Waals surface area (Å²) in [6.07, 6.45) is 1.47. The number of benzene rings is 3. The van der Waals surface area contributed by atoms with E-state index in [9.17, 15) is 9.59 Å². The number of amides is 2. The molecule has 5 rings (SSSR count). The number of nitrogens with zero attached hydrogens (tertiary/aromatic N) is 4. The van der Waals surface area contributed by atoms with Crippen LogP contribution in [0.15, 0.2) is 73.1 Å². The van der Waals surface area contributed by atoms with E-state index in [2.05, 4.69) is 26.2 Å². The number of nitrogens with one attached hydrogen (secondary N) is 2. The predicted octanol–water partition coefficient (Wildman–Crippen LogP) is 2.90. The van der Waals surface area contributed by atoms with Gasteiger partial charge in [0.2, 0.25) is 6.79 Å². The lowest BCUT2D eigenvalue weighted by Gasteiger charge is -2.10. The average molecular weight is 428 g/mol. The van der Waals surface area contributed by atoms with E-state index in [4.69, 9.17) is 9.47 Å². The molecule has 32 heavy (non-hydrogen) atoms. The molecular formula is C22H16N6O4. The number of hydrogen-bond acceptors (Lipinski definition) is 7. The first-order valence-corrected chi connectivity index (χ1v) is 9.61. The largest absolute Gasteiger partial charge is 0.454 e. The third kappa shape index (κ3) is 3.97. The fourth-order valence-electron chi connectivity index (χ4n) is 3.16.